The molecule has 0 unspecified atom stereocenters. The third-order valence-electron chi connectivity index (χ3n) is 4.52. The van der Waals surface area contributed by atoms with Gasteiger partial charge in [-0.25, -0.2) is 0 Å². The number of aromatic nitrogens is 4. The number of halogens is 3. The molecule has 25 heavy (non-hydrogen) atoms. The molecule has 0 atom stereocenters. The summed E-state index contributed by atoms with van der Waals surface area (Å²) in [6.45, 7) is 6.22. The minimum Gasteiger partial charge on any atom is -0.355 e. The smallest absolute Gasteiger partial charge is 0.355 e. The Labute approximate surface area is 142 Å². The monoisotopic (exact) mass is 356 g/mol. The van der Waals surface area contributed by atoms with E-state index in [1.807, 2.05) is 11.8 Å². The summed E-state index contributed by atoms with van der Waals surface area (Å²) in [6, 6.07) is 0.0829. The maximum absolute atomic E-state index is 13.1. The van der Waals surface area contributed by atoms with Gasteiger partial charge < -0.3 is 10.2 Å². The molecule has 1 aliphatic rings. The van der Waals surface area contributed by atoms with Gasteiger partial charge in [-0.15, -0.1) is 15.3 Å². The van der Waals surface area contributed by atoms with E-state index in [2.05, 4.69) is 20.6 Å². The van der Waals surface area contributed by atoms with Gasteiger partial charge >= 0.3 is 6.18 Å². The number of fused-ring (bicyclic) bond motifs is 1. The first-order valence-electron chi connectivity index (χ1n) is 8.00. The van der Waals surface area contributed by atoms with Crippen molar-refractivity contribution in [3.05, 3.63) is 17.0 Å². The molecule has 1 amide bonds. The van der Waals surface area contributed by atoms with Gasteiger partial charge in [-0.1, -0.05) is 0 Å². The highest BCUT2D eigenvalue weighted by atomic mass is 19.4. The molecule has 0 spiro atoms. The summed E-state index contributed by atoms with van der Waals surface area (Å²) in [5.41, 5.74) is 1.52. The number of alkyl halides is 3. The number of amides is 1. The molecule has 136 valence electrons. The van der Waals surface area contributed by atoms with Crippen LogP contribution in [0.25, 0.3) is 5.65 Å². The molecule has 3 heterocycles. The summed E-state index contributed by atoms with van der Waals surface area (Å²) < 4.78 is 40.1. The first-order chi connectivity index (χ1) is 11.7. The molecule has 3 rings (SSSR count). The van der Waals surface area contributed by atoms with Crippen LogP contribution >= 0.6 is 0 Å². The summed E-state index contributed by atoms with van der Waals surface area (Å²) >= 11 is 0. The van der Waals surface area contributed by atoms with Crippen LogP contribution in [-0.4, -0.2) is 44.8 Å². The average molecular weight is 356 g/mol. The molecule has 1 N–H and O–H groups in total. The molecule has 10 heteroatoms. The Balaban J connectivity index is 1.94. The lowest BCUT2D eigenvalue weighted by atomic mass is 10.0. The second-order valence-electron chi connectivity index (χ2n) is 6.29. The summed E-state index contributed by atoms with van der Waals surface area (Å²) in [4.78, 5) is 13.1. The number of nitrogens with one attached hydrogen (secondary N) is 1. The Kier molecular flexibility index (Phi) is 4.29. The zero-order chi connectivity index (χ0) is 18.4. The summed E-state index contributed by atoms with van der Waals surface area (Å²) in [7, 11) is 0. The van der Waals surface area contributed by atoms with Crippen LogP contribution in [0.3, 0.4) is 0 Å². The minimum absolute atomic E-state index is 0.0793. The van der Waals surface area contributed by atoms with Crippen molar-refractivity contribution >= 4 is 17.4 Å². The number of piperidine rings is 1. The van der Waals surface area contributed by atoms with Gasteiger partial charge in [-0.3, -0.25) is 4.79 Å². The lowest BCUT2D eigenvalue weighted by molar-refractivity contribution is -0.146. The maximum atomic E-state index is 13.1. The van der Waals surface area contributed by atoms with Crippen molar-refractivity contribution in [3.8, 4) is 0 Å². The van der Waals surface area contributed by atoms with Crippen molar-refractivity contribution in [2.24, 2.45) is 0 Å². The number of rotatable bonds is 2. The number of nitrogens with zero attached hydrogens (tertiary/aromatic N) is 5. The molecule has 2 aromatic rings. The van der Waals surface area contributed by atoms with Crippen LogP contribution in [0, 0.1) is 13.8 Å². The largest absolute Gasteiger partial charge is 0.453 e. The van der Waals surface area contributed by atoms with Crippen molar-refractivity contribution < 1.29 is 18.0 Å². The second-order valence-corrected chi connectivity index (χ2v) is 6.29. The Bertz CT molecular complexity index is 808. The van der Waals surface area contributed by atoms with E-state index >= 15 is 0 Å². The van der Waals surface area contributed by atoms with Gasteiger partial charge in [0.1, 0.15) is 0 Å². The quantitative estimate of drug-likeness (QED) is 0.889. The van der Waals surface area contributed by atoms with Crippen molar-refractivity contribution in [2.45, 2.75) is 45.8 Å². The summed E-state index contributed by atoms with van der Waals surface area (Å²) in [6.07, 6.45) is -3.19. The Morgan fingerprint density at radius 1 is 1.16 bits per heavy atom. The number of hydrogen-bond donors (Lipinski definition) is 1. The number of carbonyl (C=O) groups excluding carboxylic acids is 1. The normalized spacial score (nSPS) is 16.5. The van der Waals surface area contributed by atoms with E-state index in [1.54, 1.807) is 6.92 Å². The van der Waals surface area contributed by atoms with E-state index in [-0.39, 0.29) is 17.6 Å². The maximum Gasteiger partial charge on any atom is 0.453 e. The van der Waals surface area contributed by atoms with E-state index in [1.165, 1.54) is 6.92 Å². The summed E-state index contributed by atoms with van der Waals surface area (Å²) in [5.74, 6) is -0.708. The van der Waals surface area contributed by atoms with Crippen molar-refractivity contribution in [1.82, 2.24) is 25.1 Å². The molecule has 0 aliphatic carbocycles. The first kappa shape index (κ1) is 17.4. The lowest BCUT2D eigenvalue weighted by Crippen LogP contribution is -2.44. The van der Waals surface area contributed by atoms with Gasteiger partial charge in [0.15, 0.2) is 11.5 Å². The van der Waals surface area contributed by atoms with E-state index in [9.17, 15) is 18.0 Å². The Morgan fingerprint density at radius 3 is 2.36 bits per heavy atom. The van der Waals surface area contributed by atoms with Crippen LogP contribution in [0.15, 0.2) is 0 Å². The zero-order valence-electron chi connectivity index (χ0n) is 14.2. The molecule has 0 saturated carbocycles. The van der Waals surface area contributed by atoms with Crippen LogP contribution in [0.1, 0.15) is 36.7 Å². The fourth-order valence-electron chi connectivity index (χ4n) is 3.11. The van der Waals surface area contributed by atoms with Gasteiger partial charge in [-0.2, -0.15) is 17.7 Å². The third kappa shape index (κ3) is 3.24. The second kappa shape index (κ2) is 6.16. The van der Waals surface area contributed by atoms with Crippen LogP contribution in [0.4, 0.5) is 19.0 Å². The highest BCUT2D eigenvalue weighted by Gasteiger charge is 2.38. The number of aryl methyl sites for hydroxylation is 1. The highest BCUT2D eigenvalue weighted by molar-refractivity contribution is 5.73. The average Bonchev–Trinajstić information content (AvgIpc) is 2.95. The predicted molar refractivity (Wildman–Crippen MR) is 84.3 cm³/mol. The molecule has 1 aliphatic heterocycles. The van der Waals surface area contributed by atoms with E-state index < -0.39 is 12.0 Å². The van der Waals surface area contributed by atoms with Gasteiger partial charge in [0.05, 0.1) is 0 Å². The van der Waals surface area contributed by atoms with E-state index in [0.29, 0.717) is 37.3 Å². The van der Waals surface area contributed by atoms with Gasteiger partial charge in [0.2, 0.25) is 5.91 Å². The Morgan fingerprint density at radius 2 is 1.80 bits per heavy atom. The molecule has 1 saturated heterocycles. The molecule has 1 fully saturated rings. The number of anilines is 1. The van der Waals surface area contributed by atoms with Crippen LogP contribution in [0.2, 0.25) is 0 Å². The van der Waals surface area contributed by atoms with Crippen LogP contribution in [-0.2, 0) is 11.0 Å². The topological polar surface area (TPSA) is 75.4 Å². The van der Waals surface area contributed by atoms with Crippen LogP contribution < -0.4 is 10.2 Å². The first-order valence-corrected chi connectivity index (χ1v) is 8.00. The lowest BCUT2D eigenvalue weighted by Gasteiger charge is -2.34. The van der Waals surface area contributed by atoms with Gasteiger partial charge in [0.25, 0.3) is 5.82 Å². The van der Waals surface area contributed by atoms with Crippen molar-refractivity contribution in [1.29, 1.82) is 0 Å². The SMILES string of the molecule is CC(=O)NC1CCN(c2nn3c(C(F)(F)F)nnc3c(C)c2C)CC1. The summed E-state index contributed by atoms with van der Waals surface area (Å²) in [5, 5.41) is 14.0. The molecule has 2 aromatic heterocycles. The standard InChI is InChI=1S/C15H19F3N6O/c1-8-9(2)13(23-6-4-11(5-7-23)19-10(3)25)22-24-12(8)20-21-14(24)15(16,17)18/h11H,4-7H2,1-3H3,(H,19,25). The van der Waals surface area contributed by atoms with Crippen molar-refractivity contribution in [3.63, 3.8) is 0 Å². The molecule has 0 radical (unpaired) electrons. The van der Waals surface area contributed by atoms with E-state index in [0.717, 1.165) is 10.1 Å². The van der Waals surface area contributed by atoms with Crippen molar-refractivity contribution in [2.75, 3.05) is 18.0 Å². The third-order valence-corrected chi connectivity index (χ3v) is 4.52. The molecular formula is C15H19F3N6O. The van der Waals surface area contributed by atoms with Gasteiger partial charge in [-0.05, 0) is 26.7 Å². The molecule has 0 bridgehead atoms. The van der Waals surface area contributed by atoms with E-state index in [4.69, 9.17) is 0 Å². The Hall–Kier alpha value is -2.39. The molecule has 0 aromatic carbocycles. The van der Waals surface area contributed by atoms with Gasteiger partial charge in [0, 0.05) is 37.2 Å². The fourth-order valence-corrected chi connectivity index (χ4v) is 3.11. The highest BCUT2D eigenvalue weighted by Crippen LogP contribution is 2.31. The zero-order valence-corrected chi connectivity index (χ0v) is 14.2. The fraction of sp³-hybridized carbons (Fsp3) is 0.600. The molecule has 7 nitrogen and oxygen atoms in total. The number of carbonyl (C=O) groups is 1. The minimum atomic E-state index is -4.62. The number of hydrogen-bond acceptors (Lipinski definition) is 5. The van der Waals surface area contributed by atoms with Crippen LogP contribution in [0.5, 0.6) is 0 Å². The predicted octanol–water partition coefficient (Wildman–Crippen LogP) is 1.86. The molecular weight excluding hydrogens is 337 g/mol.